The van der Waals surface area contributed by atoms with Gasteiger partial charge in [-0.05, 0) is 56.2 Å². The minimum atomic E-state index is -0.403. The number of H-pyrrole nitrogens is 1. The number of aryl methyl sites for hydroxylation is 1. The lowest BCUT2D eigenvalue weighted by molar-refractivity contribution is 0.468. The summed E-state index contributed by atoms with van der Waals surface area (Å²) in [6.07, 6.45) is 3.75. The largest absolute Gasteiger partial charge is 0.464 e. The van der Waals surface area contributed by atoms with E-state index in [0.29, 0.717) is 41.4 Å². The Morgan fingerprint density at radius 2 is 2.00 bits per heavy atom. The zero-order chi connectivity index (χ0) is 20.5. The molecule has 0 atom stereocenters. The lowest BCUT2D eigenvalue weighted by atomic mass is 10.00. The number of aromatic amines is 1. The fourth-order valence-corrected chi connectivity index (χ4v) is 3.58. The van der Waals surface area contributed by atoms with Crippen LogP contribution in [0, 0.1) is 6.92 Å². The predicted molar refractivity (Wildman–Crippen MR) is 111 cm³/mol. The van der Waals surface area contributed by atoms with E-state index in [9.17, 15) is 9.59 Å². The number of hydrogen-bond donors (Lipinski definition) is 1. The smallest absolute Gasteiger partial charge is 0.328 e. The molecular formula is C22H21N3O4. The molecule has 148 valence electrons. The highest BCUT2D eigenvalue weighted by molar-refractivity contribution is 5.82. The zero-order valence-electron chi connectivity index (χ0n) is 16.5. The second-order valence-electron chi connectivity index (χ2n) is 6.71. The Balaban J connectivity index is 1.80. The van der Waals surface area contributed by atoms with Crippen molar-refractivity contribution < 1.29 is 9.15 Å². The Bertz CT molecular complexity index is 1280. The number of fused-ring (bicyclic) bond motifs is 1. The third kappa shape index (κ3) is 3.24. The first-order valence-corrected chi connectivity index (χ1v) is 9.50. The van der Waals surface area contributed by atoms with Crippen molar-refractivity contribution in [1.82, 2.24) is 14.5 Å². The number of ether oxygens (including phenoxy) is 1. The van der Waals surface area contributed by atoms with Crippen molar-refractivity contribution in [1.29, 1.82) is 0 Å². The van der Waals surface area contributed by atoms with Crippen LogP contribution in [0.15, 0.2) is 56.8 Å². The van der Waals surface area contributed by atoms with Crippen molar-refractivity contribution in [3.63, 3.8) is 0 Å². The Morgan fingerprint density at radius 1 is 1.17 bits per heavy atom. The average Bonchev–Trinajstić information content (AvgIpc) is 3.18. The van der Waals surface area contributed by atoms with Crippen molar-refractivity contribution in [3.05, 3.63) is 74.8 Å². The Kier molecular flexibility index (Phi) is 4.80. The third-order valence-electron chi connectivity index (χ3n) is 4.98. The standard InChI is InChI=1S/C22H21N3O4/c1-4-15-19(25(5-2)22(27)24-20(15)26)16-7-6-14(12-13(16)3)29-21-17-9-11-28-18(17)8-10-23-21/h6-12H,4-5H2,1-3H3,(H,24,26,27). The predicted octanol–water partition coefficient (Wildman–Crippen LogP) is 4.03. The van der Waals surface area contributed by atoms with Gasteiger partial charge in [-0.1, -0.05) is 6.92 Å². The molecule has 0 amide bonds. The van der Waals surface area contributed by atoms with Gasteiger partial charge in [0.25, 0.3) is 5.56 Å². The van der Waals surface area contributed by atoms with Crippen LogP contribution in [0.25, 0.3) is 22.2 Å². The minimum Gasteiger partial charge on any atom is -0.464 e. The van der Waals surface area contributed by atoms with Crippen LogP contribution in [0.3, 0.4) is 0 Å². The molecule has 0 unspecified atom stereocenters. The van der Waals surface area contributed by atoms with E-state index in [4.69, 9.17) is 9.15 Å². The van der Waals surface area contributed by atoms with Crippen LogP contribution in [0.2, 0.25) is 0 Å². The molecule has 0 aliphatic carbocycles. The van der Waals surface area contributed by atoms with Gasteiger partial charge < -0.3 is 9.15 Å². The van der Waals surface area contributed by atoms with E-state index in [-0.39, 0.29) is 5.56 Å². The fourth-order valence-electron chi connectivity index (χ4n) is 3.58. The van der Waals surface area contributed by atoms with Gasteiger partial charge in [-0.2, -0.15) is 0 Å². The normalized spacial score (nSPS) is 11.1. The summed E-state index contributed by atoms with van der Waals surface area (Å²) in [5.41, 5.74) is 2.92. The molecule has 4 aromatic rings. The summed E-state index contributed by atoms with van der Waals surface area (Å²) in [4.78, 5) is 31.4. The van der Waals surface area contributed by atoms with Crippen LogP contribution in [-0.2, 0) is 13.0 Å². The molecule has 0 aliphatic heterocycles. The van der Waals surface area contributed by atoms with Crippen LogP contribution < -0.4 is 16.0 Å². The first-order valence-electron chi connectivity index (χ1n) is 9.50. The van der Waals surface area contributed by atoms with E-state index in [0.717, 1.165) is 16.5 Å². The number of nitrogens with one attached hydrogen (secondary N) is 1. The molecule has 0 saturated carbocycles. The molecule has 0 spiro atoms. The SMILES string of the molecule is CCc1c(-c2ccc(Oc3nccc4occc34)cc2C)n(CC)c(=O)[nH]c1=O. The van der Waals surface area contributed by atoms with Crippen LogP contribution >= 0.6 is 0 Å². The number of hydrogen-bond acceptors (Lipinski definition) is 5. The molecule has 3 heterocycles. The molecule has 0 radical (unpaired) electrons. The minimum absolute atomic E-state index is 0.340. The molecule has 0 bridgehead atoms. The van der Waals surface area contributed by atoms with Gasteiger partial charge in [0.2, 0.25) is 5.88 Å². The average molecular weight is 391 g/mol. The van der Waals surface area contributed by atoms with Crippen LogP contribution in [0.1, 0.15) is 25.0 Å². The Morgan fingerprint density at radius 3 is 2.72 bits per heavy atom. The van der Waals surface area contributed by atoms with E-state index < -0.39 is 5.69 Å². The van der Waals surface area contributed by atoms with E-state index in [1.54, 1.807) is 23.1 Å². The molecule has 0 saturated heterocycles. The van der Waals surface area contributed by atoms with Gasteiger partial charge in [0.1, 0.15) is 11.3 Å². The highest BCUT2D eigenvalue weighted by atomic mass is 16.5. The van der Waals surface area contributed by atoms with Gasteiger partial charge in [0.15, 0.2) is 0 Å². The summed E-state index contributed by atoms with van der Waals surface area (Å²) in [5, 5.41) is 0.789. The van der Waals surface area contributed by atoms with Crippen LogP contribution in [0.4, 0.5) is 0 Å². The van der Waals surface area contributed by atoms with Gasteiger partial charge in [-0.25, -0.2) is 9.78 Å². The molecule has 3 aromatic heterocycles. The molecule has 7 heteroatoms. The highest BCUT2D eigenvalue weighted by Gasteiger charge is 2.17. The maximum atomic E-state index is 12.3. The van der Waals surface area contributed by atoms with Gasteiger partial charge in [0.05, 0.1) is 17.3 Å². The topological polar surface area (TPSA) is 90.1 Å². The van der Waals surface area contributed by atoms with Crippen molar-refractivity contribution in [2.24, 2.45) is 0 Å². The van der Waals surface area contributed by atoms with Crippen LogP contribution in [0.5, 0.6) is 11.6 Å². The number of rotatable bonds is 5. The summed E-state index contributed by atoms with van der Waals surface area (Å²) in [6.45, 7) is 6.18. The number of aromatic nitrogens is 3. The third-order valence-corrected chi connectivity index (χ3v) is 4.98. The lowest BCUT2D eigenvalue weighted by Crippen LogP contribution is -2.33. The van der Waals surface area contributed by atoms with Gasteiger partial charge >= 0.3 is 5.69 Å². The molecule has 4 rings (SSSR count). The molecule has 0 fully saturated rings. The summed E-state index contributed by atoms with van der Waals surface area (Å²) < 4.78 is 13.0. The van der Waals surface area contributed by atoms with Crippen molar-refractivity contribution in [2.75, 3.05) is 0 Å². The summed E-state index contributed by atoms with van der Waals surface area (Å²) >= 11 is 0. The van der Waals surface area contributed by atoms with E-state index >= 15 is 0 Å². The van der Waals surface area contributed by atoms with Crippen molar-refractivity contribution >= 4 is 11.0 Å². The summed E-state index contributed by atoms with van der Waals surface area (Å²) in [6, 6.07) is 9.15. The molecule has 1 aromatic carbocycles. The maximum Gasteiger partial charge on any atom is 0.328 e. The van der Waals surface area contributed by atoms with Crippen molar-refractivity contribution in [3.8, 4) is 22.9 Å². The highest BCUT2D eigenvalue weighted by Crippen LogP contribution is 2.32. The van der Waals surface area contributed by atoms with E-state index in [1.165, 1.54) is 0 Å². The second-order valence-corrected chi connectivity index (χ2v) is 6.71. The molecule has 29 heavy (non-hydrogen) atoms. The number of furan rings is 1. The first-order chi connectivity index (χ1) is 14.0. The molecule has 1 N–H and O–H groups in total. The lowest BCUT2D eigenvalue weighted by Gasteiger charge is -2.17. The number of pyridine rings is 1. The zero-order valence-corrected chi connectivity index (χ0v) is 16.5. The first kappa shape index (κ1) is 18.7. The Labute approximate surface area is 166 Å². The molecule has 7 nitrogen and oxygen atoms in total. The summed E-state index contributed by atoms with van der Waals surface area (Å²) in [7, 11) is 0. The van der Waals surface area contributed by atoms with Crippen molar-refractivity contribution in [2.45, 2.75) is 33.7 Å². The number of nitrogens with zero attached hydrogens (tertiary/aromatic N) is 2. The van der Waals surface area contributed by atoms with E-state index in [1.807, 2.05) is 45.0 Å². The Hall–Kier alpha value is -3.61. The monoisotopic (exact) mass is 391 g/mol. The maximum absolute atomic E-state index is 12.3. The van der Waals surface area contributed by atoms with Gasteiger partial charge in [0, 0.05) is 23.9 Å². The summed E-state index contributed by atoms with van der Waals surface area (Å²) in [5.74, 6) is 1.07. The fraction of sp³-hybridized carbons (Fsp3) is 0.227. The second kappa shape index (κ2) is 7.43. The van der Waals surface area contributed by atoms with Gasteiger partial charge in [-0.3, -0.25) is 14.3 Å². The van der Waals surface area contributed by atoms with E-state index in [2.05, 4.69) is 9.97 Å². The van der Waals surface area contributed by atoms with Crippen LogP contribution in [-0.4, -0.2) is 14.5 Å². The van der Waals surface area contributed by atoms with Gasteiger partial charge in [-0.15, -0.1) is 0 Å². The number of benzene rings is 1. The molecule has 0 aliphatic rings. The molecular weight excluding hydrogens is 370 g/mol. The quantitative estimate of drug-likeness (QED) is 0.555.